The fraction of sp³-hybridized carbons (Fsp3) is 0.667. The van der Waals surface area contributed by atoms with Crippen LogP contribution in [0, 0.1) is 0 Å². The van der Waals surface area contributed by atoms with E-state index in [-0.39, 0.29) is 6.42 Å². The first-order chi connectivity index (χ1) is 6.81. The van der Waals surface area contributed by atoms with Crippen LogP contribution in [0.2, 0.25) is 0 Å². The van der Waals surface area contributed by atoms with Gasteiger partial charge in [-0.25, -0.2) is 0 Å². The Balaban J connectivity index is 4.81. The molecule has 15 heavy (non-hydrogen) atoms. The minimum absolute atomic E-state index is 0.0196. The van der Waals surface area contributed by atoms with Crippen LogP contribution in [0.3, 0.4) is 0 Å². The number of rotatable bonds is 4. The SMILES string of the molecule is CCC(OC(C)=O)(OC(C)=O)OC(C)=O. The molecule has 0 heterocycles. The number of esters is 3. The van der Waals surface area contributed by atoms with Crippen LogP contribution in [-0.2, 0) is 28.6 Å². The van der Waals surface area contributed by atoms with Crippen molar-refractivity contribution in [1.29, 1.82) is 0 Å². The molecule has 0 unspecified atom stereocenters. The van der Waals surface area contributed by atoms with Crippen LogP contribution in [0.15, 0.2) is 0 Å². The normalized spacial score (nSPS) is 10.4. The lowest BCUT2D eigenvalue weighted by molar-refractivity contribution is -0.328. The first kappa shape index (κ1) is 13.4. The van der Waals surface area contributed by atoms with Gasteiger partial charge in [0.15, 0.2) is 0 Å². The zero-order valence-electron chi connectivity index (χ0n) is 9.16. The minimum atomic E-state index is -1.94. The maximum Gasteiger partial charge on any atom is 0.423 e. The van der Waals surface area contributed by atoms with E-state index in [1.54, 1.807) is 6.92 Å². The van der Waals surface area contributed by atoms with Gasteiger partial charge in [-0.05, 0) is 0 Å². The molecular weight excluding hydrogens is 204 g/mol. The van der Waals surface area contributed by atoms with Crippen molar-refractivity contribution in [2.75, 3.05) is 0 Å². The summed E-state index contributed by atoms with van der Waals surface area (Å²) in [5.74, 6) is -4.07. The van der Waals surface area contributed by atoms with Crippen molar-refractivity contribution in [1.82, 2.24) is 0 Å². The van der Waals surface area contributed by atoms with Gasteiger partial charge in [0, 0.05) is 20.8 Å². The van der Waals surface area contributed by atoms with Crippen LogP contribution in [0.1, 0.15) is 34.1 Å². The summed E-state index contributed by atoms with van der Waals surface area (Å²) in [5, 5.41) is 0. The lowest BCUT2D eigenvalue weighted by Gasteiger charge is -2.28. The maximum atomic E-state index is 10.8. The summed E-state index contributed by atoms with van der Waals surface area (Å²) in [6.45, 7) is 4.92. The van der Waals surface area contributed by atoms with E-state index in [2.05, 4.69) is 14.2 Å². The van der Waals surface area contributed by atoms with Crippen molar-refractivity contribution in [3.8, 4) is 0 Å². The molecule has 0 saturated heterocycles. The van der Waals surface area contributed by atoms with Crippen LogP contribution >= 0.6 is 0 Å². The third-order valence-corrected chi connectivity index (χ3v) is 1.33. The third-order valence-electron chi connectivity index (χ3n) is 1.33. The van der Waals surface area contributed by atoms with E-state index >= 15 is 0 Å². The van der Waals surface area contributed by atoms with E-state index in [1.807, 2.05) is 0 Å². The van der Waals surface area contributed by atoms with Gasteiger partial charge in [0.2, 0.25) is 0 Å². The Hall–Kier alpha value is -1.59. The number of carbonyl (C=O) groups excluding carboxylic acids is 3. The number of ether oxygens (including phenoxy) is 3. The smallest absolute Gasteiger partial charge is 0.388 e. The summed E-state index contributed by atoms with van der Waals surface area (Å²) < 4.78 is 14.1. The van der Waals surface area contributed by atoms with Crippen LogP contribution in [0.25, 0.3) is 0 Å². The van der Waals surface area contributed by atoms with Gasteiger partial charge < -0.3 is 14.2 Å². The van der Waals surface area contributed by atoms with E-state index in [1.165, 1.54) is 0 Å². The summed E-state index contributed by atoms with van der Waals surface area (Å²) in [5.41, 5.74) is 0. The van der Waals surface area contributed by atoms with Crippen LogP contribution in [-0.4, -0.2) is 23.9 Å². The summed E-state index contributed by atoms with van der Waals surface area (Å²) >= 11 is 0. The molecule has 0 bridgehead atoms. The highest BCUT2D eigenvalue weighted by Gasteiger charge is 2.39. The van der Waals surface area contributed by atoms with Crippen molar-refractivity contribution in [2.24, 2.45) is 0 Å². The van der Waals surface area contributed by atoms with Crippen molar-refractivity contribution >= 4 is 17.9 Å². The van der Waals surface area contributed by atoms with Gasteiger partial charge in [0.25, 0.3) is 0 Å². The molecule has 6 nitrogen and oxygen atoms in total. The van der Waals surface area contributed by atoms with E-state index < -0.39 is 23.9 Å². The Morgan fingerprint density at radius 3 is 1.27 bits per heavy atom. The average molecular weight is 218 g/mol. The highest BCUT2D eigenvalue weighted by atomic mass is 16.9. The topological polar surface area (TPSA) is 78.9 Å². The van der Waals surface area contributed by atoms with Gasteiger partial charge in [-0.15, -0.1) is 0 Å². The molecule has 86 valence electrons. The van der Waals surface area contributed by atoms with Crippen molar-refractivity contribution in [3.63, 3.8) is 0 Å². The van der Waals surface area contributed by atoms with Gasteiger partial charge >= 0.3 is 23.9 Å². The standard InChI is InChI=1S/C9H14O6/c1-5-9(13-6(2)10,14-7(3)11)15-8(4)12/h5H2,1-4H3. The van der Waals surface area contributed by atoms with Gasteiger partial charge in [-0.3, -0.25) is 14.4 Å². The molecule has 0 aliphatic carbocycles. The average Bonchev–Trinajstić information content (AvgIpc) is 1.99. The van der Waals surface area contributed by atoms with Crippen molar-refractivity contribution in [2.45, 2.75) is 40.1 Å². The Morgan fingerprint density at radius 2 is 1.13 bits per heavy atom. The molecule has 0 spiro atoms. The van der Waals surface area contributed by atoms with Crippen LogP contribution < -0.4 is 0 Å². The zero-order chi connectivity index (χ0) is 12.1. The van der Waals surface area contributed by atoms with E-state index in [0.29, 0.717) is 0 Å². The van der Waals surface area contributed by atoms with Crippen LogP contribution in [0.4, 0.5) is 0 Å². The number of hydrogen-bond acceptors (Lipinski definition) is 6. The van der Waals surface area contributed by atoms with Gasteiger partial charge in [-0.2, -0.15) is 0 Å². The van der Waals surface area contributed by atoms with Gasteiger partial charge in [0.1, 0.15) is 0 Å². The largest absolute Gasteiger partial charge is 0.423 e. The Labute approximate surface area is 87.5 Å². The second-order valence-electron chi connectivity index (χ2n) is 2.82. The highest BCUT2D eigenvalue weighted by molar-refractivity contribution is 5.70. The quantitative estimate of drug-likeness (QED) is 0.511. The molecule has 0 fully saturated rings. The molecule has 0 radical (unpaired) electrons. The number of hydrogen-bond donors (Lipinski definition) is 0. The van der Waals surface area contributed by atoms with Crippen molar-refractivity contribution in [3.05, 3.63) is 0 Å². The van der Waals surface area contributed by atoms with Gasteiger partial charge in [0.05, 0.1) is 6.42 Å². The fourth-order valence-electron chi connectivity index (χ4n) is 0.936. The molecule has 0 aromatic rings. The second-order valence-corrected chi connectivity index (χ2v) is 2.82. The Morgan fingerprint density at radius 1 is 0.867 bits per heavy atom. The molecule has 0 N–H and O–H groups in total. The third kappa shape index (κ3) is 4.99. The Kier molecular flexibility index (Phi) is 4.77. The molecule has 0 aliphatic rings. The zero-order valence-corrected chi connectivity index (χ0v) is 9.16. The lowest BCUT2D eigenvalue weighted by Crippen LogP contribution is -2.42. The summed E-state index contributed by atoms with van der Waals surface area (Å²) in [6, 6.07) is 0. The molecular formula is C9H14O6. The molecule has 0 aromatic carbocycles. The predicted molar refractivity (Wildman–Crippen MR) is 48.3 cm³/mol. The molecule has 0 saturated carbocycles. The summed E-state index contributed by atoms with van der Waals surface area (Å²) in [4.78, 5) is 32.3. The molecule has 6 heteroatoms. The van der Waals surface area contributed by atoms with Gasteiger partial charge in [-0.1, -0.05) is 6.92 Å². The summed E-state index contributed by atoms with van der Waals surface area (Å²) in [6.07, 6.45) is 0.0196. The predicted octanol–water partition coefficient (Wildman–Crippen LogP) is 0.740. The lowest BCUT2D eigenvalue weighted by atomic mass is 10.4. The first-order valence-electron chi connectivity index (χ1n) is 4.40. The molecule has 0 atom stereocenters. The molecule has 0 aliphatic heterocycles. The highest BCUT2D eigenvalue weighted by Crippen LogP contribution is 2.20. The molecule has 0 aromatic heterocycles. The molecule has 0 amide bonds. The van der Waals surface area contributed by atoms with Crippen LogP contribution in [0.5, 0.6) is 0 Å². The molecule has 0 rings (SSSR count). The second kappa shape index (κ2) is 5.33. The van der Waals surface area contributed by atoms with E-state index in [0.717, 1.165) is 20.8 Å². The van der Waals surface area contributed by atoms with E-state index in [9.17, 15) is 14.4 Å². The maximum absolute atomic E-state index is 10.8. The van der Waals surface area contributed by atoms with E-state index in [4.69, 9.17) is 0 Å². The first-order valence-corrected chi connectivity index (χ1v) is 4.40. The Bertz CT molecular complexity index is 229. The monoisotopic (exact) mass is 218 g/mol. The fourth-order valence-corrected chi connectivity index (χ4v) is 0.936. The summed E-state index contributed by atoms with van der Waals surface area (Å²) in [7, 11) is 0. The van der Waals surface area contributed by atoms with Crippen molar-refractivity contribution < 1.29 is 28.6 Å². The number of carbonyl (C=O) groups is 3. The minimum Gasteiger partial charge on any atom is -0.388 e.